The van der Waals surface area contributed by atoms with E-state index in [1.807, 2.05) is 35.2 Å². The number of hydrogen-bond donors (Lipinski definition) is 0. The molecule has 2 aliphatic rings. The van der Waals surface area contributed by atoms with Crippen molar-refractivity contribution in [2.75, 3.05) is 26.2 Å². The van der Waals surface area contributed by atoms with Crippen LogP contribution in [0.1, 0.15) is 39.7 Å². The molecule has 0 radical (unpaired) electrons. The Balaban J connectivity index is 1.87. The van der Waals surface area contributed by atoms with Crippen LogP contribution in [0.25, 0.3) is 0 Å². The molecule has 0 saturated carbocycles. The lowest BCUT2D eigenvalue weighted by Gasteiger charge is -2.43. The summed E-state index contributed by atoms with van der Waals surface area (Å²) in [5.41, 5.74) is -0.932. The summed E-state index contributed by atoms with van der Waals surface area (Å²) in [6.45, 7) is 8.45. The van der Waals surface area contributed by atoms with Crippen molar-refractivity contribution < 1.29 is 23.9 Å². The molecule has 0 spiro atoms. The average Bonchev–Trinajstić information content (AvgIpc) is 2.94. The molecule has 2 saturated heterocycles. The molecule has 2 fully saturated rings. The molecule has 0 N–H and O–H groups in total. The van der Waals surface area contributed by atoms with Gasteiger partial charge in [-0.25, -0.2) is 4.79 Å². The van der Waals surface area contributed by atoms with Gasteiger partial charge in [-0.1, -0.05) is 30.3 Å². The first-order valence-electron chi connectivity index (χ1n) is 10.1. The van der Waals surface area contributed by atoms with Gasteiger partial charge in [-0.15, -0.1) is 0 Å². The summed E-state index contributed by atoms with van der Waals surface area (Å²) in [6, 6.07) is 9.57. The summed E-state index contributed by atoms with van der Waals surface area (Å²) < 4.78 is 10.8. The highest BCUT2D eigenvalue weighted by molar-refractivity contribution is 6.08. The Hall–Kier alpha value is -2.41. The van der Waals surface area contributed by atoms with E-state index in [2.05, 4.69) is 0 Å². The molecule has 2 atom stereocenters. The van der Waals surface area contributed by atoms with Gasteiger partial charge in [0.25, 0.3) is 0 Å². The number of rotatable bonds is 4. The van der Waals surface area contributed by atoms with Gasteiger partial charge in [-0.2, -0.15) is 0 Å². The third kappa shape index (κ3) is 4.29. The maximum atomic E-state index is 13.2. The summed E-state index contributed by atoms with van der Waals surface area (Å²) in [4.78, 5) is 42.3. The monoisotopic (exact) mass is 402 g/mol. The third-order valence-corrected chi connectivity index (χ3v) is 5.49. The largest absolute Gasteiger partial charge is 0.465 e. The highest BCUT2D eigenvalue weighted by Gasteiger charge is 2.62. The quantitative estimate of drug-likeness (QED) is 0.569. The number of carbonyl (C=O) groups excluding carboxylic acids is 3. The topological polar surface area (TPSA) is 76.2 Å². The molecular formula is C22H30N2O5. The Kier molecular flexibility index (Phi) is 5.98. The highest BCUT2D eigenvalue weighted by Crippen LogP contribution is 2.42. The fourth-order valence-corrected chi connectivity index (χ4v) is 4.25. The van der Waals surface area contributed by atoms with Crippen molar-refractivity contribution in [3.05, 3.63) is 35.9 Å². The molecule has 7 heteroatoms. The summed E-state index contributed by atoms with van der Waals surface area (Å²) in [5, 5.41) is 0. The van der Waals surface area contributed by atoms with Crippen LogP contribution in [-0.2, 0) is 25.6 Å². The molecule has 0 unspecified atom stereocenters. The molecule has 29 heavy (non-hydrogen) atoms. The molecule has 2 aliphatic heterocycles. The van der Waals surface area contributed by atoms with E-state index in [1.54, 1.807) is 27.7 Å². The van der Waals surface area contributed by atoms with E-state index in [0.29, 0.717) is 19.5 Å². The van der Waals surface area contributed by atoms with E-state index in [0.717, 1.165) is 5.56 Å². The number of amides is 1. The maximum absolute atomic E-state index is 13.2. The first-order chi connectivity index (χ1) is 13.7. The first-order valence-corrected chi connectivity index (χ1v) is 10.1. The minimum Gasteiger partial charge on any atom is -0.465 e. The van der Waals surface area contributed by atoms with E-state index in [4.69, 9.17) is 9.47 Å². The fourth-order valence-electron chi connectivity index (χ4n) is 4.25. The van der Waals surface area contributed by atoms with Gasteiger partial charge < -0.3 is 14.4 Å². The standard InChI is InChI=1S/C22H30N2O5/c1-5-28-19(26)22-15-23(20(27)29-21(2,3)4)12-11-17(22)24(14-18(22)25)13-16-9-7-6-8-10-16/h6-10,17H,5,11-15H2,1-4H3/t17-,22-/m1/s1. The molecule has 1 aromatic carbocycles. The van der Waals surface area contributed by atoms with Gasteiger partial charge in [0.2, 0.25) is 0 Å². The van der Waals surface area contributed by atoms with Gasteiger partial charge in [0.1, 0.15) is 5.60 Å². The lowest BCUT2D eigenvalue weighted by atomic mass is 9.75. The summed E-state index contributed by atoms with van der Waals surface area (Å²) >= 11 is 0. The number of piperidine rings is 1. The smallest absolute Gasteiger partial charge is 0.410 e. The van der Waals surface area contributed by atoms with Gasteiger partial charge in [-0.3, -0.25) is 14.5 Å². The number of fused-ring (bicyclic) bond motifs is 1. The Morgan fingerprint density at radius 1 is 1.21 bits per heavy atom. The fraction of sp³-hybridized carbons (Fsp3) is 0.591. The third-order valence-electron chi connectivity index (χ3n) is 5.49. The molecule has 3 rings (SSSR count). The van der Waals surface area contributed by atoms with Crippen molar-refractivity contribution in [2.45, 2.75) is 52.3 Å². The number of ether oxygens (including phenoxy) is 2. The minimum atomic E-state index is -1.36. The Morgan fingerprint density at radius 3 is 2.52 bits per heavy atom. The van der Waals surface area contributed by atoms with E-state index in [-0.39, 0.29) is 31.5 Å². The average molecular weight is 402 g/mol. The van der Waals surface area contributed by atoms with Gasteiger partial charge in [-0.05, 0) is 39.7 Å². The molecule has 0 aliphatic carbocycles. The molecule has 0 aromatic heterocycles. The van der Waals surface area contributed by atoms with Crippen molar-refractivity contribution >= 4 is 17.8 Å². The van der Waals surface area contributed by atoms with Crippen molar-refractivity contribution in [3.63, 3.8) is 0 Å². The van der Waals surface area contributed by atoms with Crippen LogP contribution in [0.4, 0.5) is 4.79 Å². The number of likely N-dealkylation sites (tertiary alicyclic amines) is 2. The van der Waals surface area contributed by atoms with Crippen molar-refractivity contribution in [1.82, 2.24) is 9.80 Å². The van der Waals surface area contributed by atoms with Crippen LogP contribution in [0, 0.1) is 5.41 Å². The van der Waals surface area contributed by atoms with Gasteiger partial charge in [0.15, 0.2) is 11.2 Å². The van der Waals surface area contributed by atoms with E-state index in [1.165, 1.54) is 4.90 Å². The highest BCUT2D eigenvalue weighted by atomic mass is 16.6. The minimum absolute atomic E-state index is 0.00443. The second kappa shape index (κ2) is 8.14. The van der Waals surface area contributed by atoms with Crippen molar-refractivity contribution in [2.24, 2.45) is 5.41 Å². The first kappa shape index (κ1) is 21.3. The van der Waals surface area contributed by atoms with Gasteiger partial charge in [0, 0.05) is 25.7 Å². The Labute approximate surface area is 171 Å². The Morgan fingerprint density at radius 2 is 1.90 bits per heavy atom. The SMILES string of the molecule is CCOC(=O)[C@]12CN(C(=O)OC(C)(C)C)CC[C@H]1N(Cc1ccccc1)CC2=O. The number of nitrogens with zero attached hydrogens (tertiary/aromatic N) is 2. The zero-order valence-electron chi connectivity index (χ0n) is 17.6. The molecule has 7 nitrogen and oxygen atoms in total. The van der Waals surface area contributed by atoms with Crippen molar-refractivity contribution in [3.8, 4) is 0 Å². The summed E-state index contributed by atoms with van der Waals surface area (Å²) in [5.74, 6) is -0.732. The van der Waals surface area contributed by atoms with Gasteiger partial charge in [0.05, 0.1) is 13.2 Å². The number of hydrogen-bond acceptors (Lipinski definition) is 6. The number of esters is 1. The predicted octanol–water partition coefficient (Wildman–Crippen LogP) is 2.63. The molecule has 0 bridgehead atoms. The lowest BCUT2D eigenvalue weighted by molar-refractivity contribution is -0.163. The van der Waals surface area contributed by atoms with E-state index in [9.17, 15) is 14.4 Å². The van der Waals surface area contributed by atoms with Crippen LogP contribution in [-0.4, -0.2) is 65.5 Å². The van der Waals surface area contributed by atoms with Crippen molar-refractivity contribution in [1.29, 1.82) is 0 Å². The molecule has 1 amide bonds. The van der Waals surface area contributed by atoms with E-state index >= 15 is 0 Å². The number of Topliss-reactive ketones (excluding diaryl/α,β-unsaturated/α-hetero) is 1. The van der Waals surface area contributed by atoms with Crippen LogP contribution in [0.15, 0.2) is 30.3 Å². The Bertz CT molecular complexity index is 773. The predicted molar refractivity (Wildman–Crippen MR) is 107 cm³/mol. The van der Waals surface area contributed by atoms with Crippen LogP contribution in [0.2, 0.25) is 0 Å². The normalized spacial score (nSPS) is 24.9. The maximum Gasteiger partial charge on any atom is 0.410 e. The summed E-state index contributed by atoms with van der Waals surface area (Å²) in [6.07, 6.45) is 0.00493. The molecular weight excluding hydrogens is 372 g/mol. The lowest BCUT2D eigenvalue weighted by Crippen LogP contribution is -2.60. The molecule has 1 aromatic rings. The number of benzene rings is 1. The van der Waals surface area contributed by atoms with Crippen LogP contribution < -0.4 is 0 Å². The van der Waals surface area contributed by atoms with Crippen LogP contribution >= 0.6 is 0 Å². The zero-order valence-corrected chi connectivity index (χ0v) is 17.6. The number of ketones is 1. The molecule has 158 valence electrons. The van der Waals surface area contributed by atoms with E-state index < -0.39 is 23.1 Å². The zero-order chi connectivity index (χ0) is 21.2. The van der Waals surface area contributed by atoms with Gasteiger partial charge >= 0.3 is 12.1 Å². The van der Waals surface area contributed by atoms with Crippen LogP contribution in [0.5, 0.6) is 0 Å². The summed E-state index contributed by atoms with van der Waals surface area (Å²) in [7, 11) is 0. The second-order valence-corrected chi connectivity index (χ2v) is 8.71. The second-order valence-electron chi connectivity index (χ2n) is 8.71. The van der Waals surface area contributed by atoms with Crippen LogP contribution in [0.3, 0.4) is 0 Å². The molecule has 2 heterocycles. The number of carbonyl (C=O) groups is 3.